The summed E-state index contributed by atoms with van der Waals surface area (Å²) in [5.41, 5.74) is 0. The van der Waals surface area contributed by atoms with Crippen molar-refractivity contribution in [3.8, 4) is 0 Å². The van der Waals surface area contributed by atoms with Crippen LogP contribution in [0, 0.1) is 0 Å². The molecule has 0 saturated heterocycles. The van der Waals surface area contributed by atoms with Crippen LogP contribution in [0.4, 0.5) is 0 Å². The SMILES string of the molecule is CCCCCCCCCCCCCCCCCC(=O)CS(=O)(=O)CCCCCC(=O)CCCCCOC. The fourth-order valence-corrected chi connectivity index (χ4v) is 6.20. The van der Waals surface area contributed by atoms with Gasteiger partial charge >= 0.3 is 0 Å². The average Bonchev–Trinajstić information content (AvgIpc) is 2.85. The summed E-state index contributed by atoms with van der Waals surface area (Å²) in [4.78, 5) is 24.0. The molecule has 0 N–H and O–H groups in total. The molecule has 0 aliphatic heterocycles. The Kier molecular flexibility index (Phi) is 26.3. The third-order valence-electron chi connectivity index (χ3n) is 7.16. The van der Waals surface area contributed by atoms with E-state index in [1.807, 2.05) is 0 Å². The topological polar surface area (TPSA) is 77.5 Å². The van der Waals surface area contributed by atoms with Gasteiger partial charge in [-0.3, -0.25) is 9.59 Å². The normalized spacial score (nSPS) is 11.7. The highest BCUT2D eigenvalue weighted by atomic mass is 32.2. The van der Waals surface area contributed by atoms with Crippen LogP contribution >= 0.6 is 0 Å². The quantitative estimate of drug-likeness (QED) is 0.0846. The highest BCUT2D eigenvalue weighted by Crippen LogP contribution is 2.14. The molecule has 6 heteroatoms. The second-order valence-electron chi connectivity index (χ2n) is 11.0. The number of Topliss-reactive ketones (excluding diaryl/α,β-unsaturated/α-hetero) is 2. The Morgan fingerprint density at radius 2 is 0.892 bits per heavy atom. The Bertz CT molecular complexity index is 630. The van der Waals surface area contributed by atoms with Crippen molar-refractivity contribution in [3.63, 3.8) is 0 Å². The fraction of sp³-hybridized carbons (Fsp3) is 0.935. The fourth-order valence-electron chi connectivity index (χ4n) is 4.77. The number of rotatable bonds is 30. The first kappa shape index (κ1) is 36.2. The largest absolute Gasteiger partial charge is 0.385 e. The standard InChI is InChI=1S/C31H60O5S/c1-3-4-5-6-7-8-9-10-11-12-13-14-15-16-19-26-31(33)29-37(34,35)28-23-18-21-25-30(32)24-20-17-22-27-36-2/h3-29H2,1-2H3. The van der Waals surface area contributed by atoms with Gasteiger partial charge in [-0.2, -0.15) is 0 Å². The van der Waals surface area contributed by atoms with Crippen molar-refractivity contribution in [2.24, 2.45) is 0 Å². The summed E-state index contributed by atoms with van der Waals surface area (Å²) in [7, 11) is -1.64. The van der Waals surface area contributed by atoms with E-state index >= 15 is 0 Å². The summed E-state index contributed by atoms with van der Waals surface area (Å²) in [5, 5.41) is 0. The summed E-state index contributed by atoms with van der Waals surface area (Å²) in [5.74, 6) is -0.133. The van der Waals surface area contributed by atoms with Gasteiger partial charge in [-0.05, 0) is 32.1 Å². The zero-order valence-electron chi connectivity index (χ0n) is 24.5. The van der Waals surface area contributed by atoms with E-state index in [0.717, 1.165) is 58.0 Å². The van der Waals surface area contributed by atoms with Gasteiger partial charge in [-0.15, -0.1) is 0 Å². The number of hydrogen-bond acceptors (Lipinski definition) is 5. The van der Waals surface area contributed by atoms with Gasteiger partial charge in [0, 0.05) is 33.0 Å². The predicted octanol–water partition coefficient (Wildman–Crippen LogP) is 8.57. The maximum atomic E-state index is 12.2. The first-order valence-electron chi connectivity index (χ1n) is 15.6. The van der Waals surface area contributed by atoms with Crippen molar-refractivity contribution in [3.05, 3.63) is 0 Å². The van der Waals surface area contributed by atoms with Gasteiger partial charge in [0.1, 0.15) is 17.3 Å². The van der Waals surface area contributed by atoms with Crippen LogP contribution in [-0.4, -0.2) is 45.2 Å². The summed E-state index contributed by atoms with van der Waals surface area (Å²) in [6.45, 7) is 3.00. The van der Waals surface area contributed by atoms with Gasteiger partial charge < -0.3 is 4.74 Å². The summed E-state index contributed by atoms with van der Waals surface area (Å²) in [6.07, 6.45) is 25.6. The summed E-state index contributed by atoms with van der Waals surface area (Å²) < 4.78 is 29.5. The van der Waals surface area contributed by atoms with Crippen LogP contribution in [0.15, 0.2) is 0 Å². The van der Waals surface area contributed by atoms with E-state index in [2.05, 4.69) is 6.92 Å². The molecule has 0 heterocycles. The van der Waals surface area contributed by atoms with Gasteiger partial charge in [0.15, 0.2) is 9.84 Å². The Hall–Kier alpha value is -0.750. The molecule has 0 aromatic carbocycles. The second kappa shape index (κ2) is 26.8. The van der Waals surface area contributed by atoms with Crippen LogP contribution in [0.5, 0.6) is 0 Å². The van der Waals surface area contributed by atoms with Crippen molar-refractivity contribution in [1.29, 1.82) is 0 Å². The van der Waals surface area contributed by atoms with E-state index in [1.165, 1.54) is 77.0 Å². The molecule has 0 radical (unpaired) electrons. The van der Waals surface area contributed by atoms with Crippen molar-refractivity contribution >= 4 is 21.4 Å². The first-order valence-corrected chi connectivity index (χ1v) is 17.5. The minimum absolute atomic E-state index is 0.0583. The number of carbonyl (C=O) groups is 2. The smallest absolute Gasteiger partial charge is 0.157 e. The molecule has 5 nitrogen and oxygen atoms in total. The van der Waals surface area contributed by atoms with E-state index in [4.69, 9.17) is 4.74 Å². The molecule has 0 fully saturated rings. The number of unbranched alkanes of at least 4 members (excludes halogenated alkanes) is 18. The third-order valence-corrected chi connectivity index (χ3v) is 8.83. The Morgan fingerprint density at radius 3 is 1.35 bits per heavy atom. The van der Waals surface area contributed by atoms with E-state index < -0.39 is 9.84 Å². The minimum atomic E-state index is -3.32. The second-order valence-corrected chi connectivity index (χ2v) is 13.2. The van der Waals surface area contributed by atoms with Crippen LogP contribution in [0.1, 0.15) is 161 Å². The maximum Gasteiger partial charge on any atom is 0.157 e. The van der Waals surface area contributed by atoms with Crippen LogP contribution in [0.3, 0.4) is 0 Å². The molecule has 220 valence electrons. The molecule has 0 aromatic heterocycles. The lowest BCUT2D eigenvalue weighted by Gasteiger charge is -2.05. The molecule has 0 unspecified atom stereocenters. The number of ketones is 2. The highest BCUT2D eigenvalue weighted by Gasteiger charge is 2.16. The lowest BCUT2D eigenvalue weighted by atomic mass is 10.0. The summed E-state index contributed by atoms with van der Waals surface area (Å²) >= 11 is 0. The number of hydrogen-bond donors (Lipinski definition) is 0. The molecular formula is C31H60O5S. The minimum Gasteiger partial charge on any atom is -0.385 e. The molecule has 0 atom stereocenters. The zero-order valence-corrected chi connectivity index (χ0v) is 25.4. The van der Waals surface area contributed by atoms with Crippen LogP contribution in [-0.2, 0) is 24.2 Å². The molecular weight excluding hydrogens is 484 g/mol. The Morgan fingerprint density at radius 1 is 0.514 bits per heavy atom. The van der Waals surface area contributed by atoms with E-state index in [9.17, 15) is 18.0 Å². The van der Waals surface area contributed by atoms with Crippen molar-refractivity contribution in [2.45, 2.75) is 161 Å². The molecule has 0 spiro atoms. The lowest BCUT2D eigenvalue weighted by molar-refractivity contribution is -0.119. The van der Waals surface area contributed by atoms with E-state index in [0.29, 0.717) is 25.7 Å². The van der Waals surface area contributed by atoms with Gasteiger partial charge in [0.25, 0.3) is 0 Å². The molecule has 0 amide bonds. The zero-order chi connectivity index (χ0) is 27.5. The summed E-state index contributed by atoms with van der Waals surface area (Å²) in [6, 6.07) is 0. The van der Waals surface area contributed by atoms with Crippen molar-refractivity contribution in [1.82, 2.24) is 0 Å². The van der Waals surface area contributed by atoms with Crippen molar-refractivity contribution in [2.75, 3.05) is 25.2 Å². The first-order chi connectivity index (χ1) is 17.9. The number of sulfone groups is 1. The van der Waals surface area contributed by atoms with Gasteiger partial charge in [-0.1, -0.05) is 110 Å². The highest BCUT2D eigenvalue weighted by molar-refractivity contribution is 7.92. The van der Waals surface area contributed by atoms with Gasteiger partial charge in [-0.25, -0.2) is 8.42 Å². The van der Waals surface area contributed by atoms with Crippen LogP contribution in [0.25, 0.3) is 0 Å². The predicted molar refractivity (Wildman–Crippen MR) is 157 cm³/mol. The third kappa shape index (κ3) is 28.1. The molecule has 0 bridgehead atoms. The number of carbonyl (C=O) groups excluding carboxylic acids is 2. The maximum absolute atomic E-state index is 12.2. The average molecular weight is 545 g/mol. The van der Waals surface area contributed by atoms with Gasteiger partial charge in [0.2, 0.25) is 0 Å². The monoisotopic (exact) mass is 544 g/mol. The molecule has 0 aliphatic carbocycles. The molecule has 0 aliphatic rings. The number of methoxy groups -OCH3 is 1. The molecule has 0 saturated carbocycles. The van der Waals surface area contributed by atoms with E-state index in [1.54, 1.807) is 7.11 Å². The molecule has 0 aromatic rings. The Balaban J connectivity index is 3.53. The van der Waals surface area contributed by atoms with Crippen LogP contribution in [0.2, 0.25) is 0 Å². The molecule has 0 rings (SSSR count). The molecule has 37 heavy (non-hydrogen) atoms. The van der Waals surface area contributed by atoms with Crippen molar-refractivity contribution < 1.29 is 22.7 Å². The Labute approximate surface area is 230 Å². The van der Waals surface area contributed by atoms with Crippen LogP contribution < -0.4 is 0 Å². The van der Waals surface area contributed by atoms with Gasteiger partial charge in [0.05, 0.1) is 5.75 Å². The number of ether oxygens (including phenoxy) is 1. The van der Waals surface area contributed by atoms with E-state index in [-0.39, 0.29) is 23.1 Å². The lowest BCUT2D eigenvalue weighted by Crippen LogP contribution is -2.18.